The van der Waals surface area contributed by atoms with E-state index in [4.69, 9.17) is 9.72 Å². The van der Waals surface area contributed by atoms with Crippen LogP contribution in [0, 0.1) is 5.82 Å². The number of aromatic nitrogens is 2. The van der Waals surface area contributed by atoms with Gasteiger partial charge in [-0.1, -0.05) is 36.4 Å². The molecule has 0 bridgehead atoms. The molecular formula is C37H27FN4O5S2. The molecule has 0 radical (unpaired) electrons. The summed E-state index contributed by atoms with van der Waals surface area (Å²) in [4.78, 5) is 22.8. The fourth-order valence-electron chi connectivity index (χ4n) is 5.38. The highest BCUT2D eigenvalue weighted by molar-refractivity contribution is 7.92. The number of ether oxygens (including phenoxy) is 1. The van der Waals surface area contributed by atoms with E-state index in [1.165, 1.54) is 48.7 Å². The van der Waals surface area contributed by atoms with Crippen LogP contribution in [0.15, 0.2) is 130 Å². The zero-order valence-electron chi connectivity index (χ0n) is 25.9. The Hall–Kier alpha value is -5.85. The molecule has 5 aromatic carbocycles. The van der Waals surface area contributed by atoms with Gasteiger partial charge in [-0.3, -0.25) is 14.5 Å². The van der Waals surface area contributed by atoms with E-state index in [1.54, 1.807) is 35.6 Å². The Bertz CT molecular complexity index is 2560. The second kappa shape index (κ2) is 13.0. The van der Waals surface area contributed by atoms with Crippen LogP contribution in [0.25, 0.3) is 37.2 Å². The molecule has 2 heterocycles. The van der Waals surface area contributed by atoms with E-state index in [0.29, 0.717) is 17.7 Å². The summed E-state index contributed by atoms with van der Waals surface area (Å²) in [6, 6.07) is 30.9. The summed E-state index contributed by atoms with van der Waals surface area (Å²) in [6.45, 7) is 2.53. The van der Waals surface area contributed by atoms with Crippen molar-refractivity contribution in [3.63, 3.8) is 0 Å². The smallest absolute Gasteiger partial charge is 0.265 e. The van der Waals surface area contributed by atoms with Crippen LogP contribution < -0.4 is 15.0 Å². The lowest BCUT2D eigenvalue weighted by molar-refractivity contribution is 0.341. The van der Waals surface area contributed by atoms with Gasteiger partial charge in [0.15, 0.2) is 0 Å². The van der Waals surface area contributed by atoms with Crippen LogP contribution in [0.4, 0.5) is 15.8 Å². The molecular weight excluding hydrogens is 664 g/mol. The summed E-state index contributed by atoms with van der Waals surface area (Å²) >= 11 is 1.56. The zero-order valence-corrected chi connectivity index (χ0v) is 27.5. The van der Waals surface area contributed by atoms with E-state index in [2.05, 4.69) is 9.71 Å². The quantitative estimate of drug-likeness (QED) is 0.148. The lowest BCUT2D eigenvalue weighted by atomic mass is 10.1. The molecule has 9 nitrogen and oxygen atoms in total. The molecule has 0 aliphatic rings. The van der Waals surface area contributed by atoms with Gasteiger partial charge in [-0.05, 0) is 85.8 Å². The minimum atomic E-state index is -4.25. The fraction of sp³-hybridized carbons (Fsp3) is 0.0541. The number of thiazole rings is 1. The monoisotopic (exact) mass is 690 g/mol. The van der Waals surface area contributed by atoms with Gasteiger partial charge in [0.05, 0.1) is 44.3 Å². The van der Waals surface area contributed by atoms with Gasteiger partial charge in [0.2, 0.25) is 5.88 Å². The van der Waals surface area contributed by atoms with Gasteiger partial charge in [0, 0.05) is 22.6 Å². The van der Waals surface area contributed by atoms with Gasteiger partial charge >= 0.3 is 0 Å². The first-order chi connectivity index (χ1) is 23.7. The molecule has 2 N–H and O–H groups in total. The third-order valence-corrected chi connectivity index (χ3v) is 10.2. The Morgan fingerprint density at radius 1 is 0.939 bits per heavy atom. The number of aliphatic imine (C=N–C) groups is 1. The highest BCUT2D eigenvalue weighted by Crippen LogP contribution is 2.34. The third kappa shape index (κ3) is 6.26. The van der Waals surface area contributed by atoms with Crippen molar-refractivity contribution in [2.24, 2.45) is 4.99 Å². The van der Waals surface area contributed by atoms with E-state index >= 15 is 0 Å². The van der Waals surface area contributed by atoms with Crippen molar-refractivity contribution in [1.29, 1.82) is 0 Å². The number of halogens is 1. The first-order valence-electron chi connectivity index (χ1n) is 15.1. The largest absolute Gasteiger partial charge is 0.494 e. The van der Waals surface area contributed by atoms with Gasteiger partial charge in [-0.2, -0.15) is 0 Å². The summed E-state index contributed by atoms with van der Waals surface area (Å²) in [5.41, 5.74) is 1.96. The van der Waals surface area contributed by atoms with E-state index in [9.17, 15) is 22.7 Å². The second-order valence-corrected chi connectivity index (χ2v) is 13.6. The first-order valence-corrected chi connectivity index (χ1v) is 17.4. The van der Waals surface area contributed by atoms with Gasteiger partial charge in [0.25, 0.3) is 15.6 Å². The number of para-hydroxylation sites is 1. The Kier molecular flexibility index (Phi) is 8.41. The van der Waals surface area contributed by atoms with Gasteiger partial charge in [-0.15, -0.1) is 11.3 Å². The van der Waals surface area contributed by atoms with Gasteiger partial charge < -0.3 is 9.84 Å². The number of nitrogens with zero attached hydrogens (tertiary/aromatic N) is 3. The average Bonchev–Trinajstić information content (AvgIpc) is 3.53. The number of benzene rings is 5. The number of rotatable bonds is 9. The Labute approximate surface area is 284 Å². The number of pyridine rings is 1. The predicted molar refractivity (Wildman–Crippen MR) is 192 cm³/mol. The highest BCUT2D eigenvalue weighted by Gasteiger charge is 2.20. The topological polar surface area (TPSA) is 123 Å². The highest BCUT2D eigenvalue weighted by atomic mass is 32.2. The molecule has 49 heavy (non-hydrogen) atoms. The van der Waals surface area contributed by atoms with Crippen molar-refractivity contribution in [2.75, 3.05) is 11.3 Å². The minimum absolute atomic E-state index is 0.0906. The van der Waals surface area contributed by atoms with Crippen LogP contribution in [0.1, 0.15) is 12.5 Å². The molecule has 0 aliphatic carbocycles. The summed E-state index contributed by atoms with van der Waals surface area (Å²) in [5, 5.41) is 13.1. The number of anilines is 1. The summed E-state index contributed by atoms with van der Waals surface area (Å²) < 4.78 is 50.5. The van der Waals surface area contributed by atoms with Crippen LogP contribution in [-0.2, 0) is 10.0 Å². The maximum Gasteiger partial charge on any atom is 0.265 e. The number of hydrogen-bond donors (Lipinski definition) is 2. The van der Waals surface area contributed by atoms with Gasteiger partial charge in [0.1, 0.15) is 16.6 Å². The van der Waals surface area contributed by atoms with Crippen molar-refractivity contribution >= 4 is 59.9 Å². The molecule has 0 unspecified atom stereocenters. The Balaban J connectivity index is 1.23. The van der Waals surface area contributed by atoms with E-state index in [1.807, 2.05) is 49.4 Å². The van der Waals surface area contributed by atoms with Crippen LogP contribution in [-0.4, -0.2) is 35.9 Å². The first kappa shape index (κ1) is 31.7. The van der Waals surface area contributed by atoms with Crippen molar-refractivity contribution in [3.8, 4) is 27.9 Å². The van der Waals surface area contributed by atoms with Crippen molar-refractivity contribution in [1.82, 2.24) is 9.55 Å². The number of nitrogens with one attached hydrogen (secondary N) is 1. The molecule has 0 amide bonds. The molecule has 0 saturated heterocycles. The normalized spacial score (nSPS) is 11.8. The van der Waals surface area contributed by atoms with E-state index in [-0.39, 0.29) is 27.2 Å². The van der Waals surface area contributed by atoms with Crippen LogP contribution >= 0.6 is 11.3 Å². The maximum absolute atomic E-state index is 14.2. The Morgan fingerprint density at radius 2 is 1.69 bits per heavy atom. The molecule has 0 aliphatic heterocycles. The standard InChI is InChI=1S/C37H27FN4O5S2/c1-2-47-26-18-19-33-34(21-26)48-35(40-33)23-14-16-24(17-15-23)39-22-30-28-10-3-4-11-29(28)36(43)42(37(30)44)25-8-7-9-27(20-25)49(45,46)41-32-13-6-5-12-31(32)38/h3-22,41,44H,2H2,1H3. The molecule has 0 fully saturated rings. The lowest BCUT2D eigenvalue weighted by Crippen LogP contribution is -2.21. The van der Waals surface area contributed by atoms with Crippen LogP contribution in [0.3, 0.4) is 0 Å². The average molecular weight is 691 g/mol. The Morgan fingerprint density at radius 3 is 2.47 bits per heavy atom. The van der Waals surface area contributed by atoms with Crippen LogP contribution in [0.2, 0.25) is 0 Å². The molecule has 0 spiro atoms. The van der Waals surface area contributed by atoms with E-state index < -0.39 is 27.3 Å². The number of hydrogen-bond acceptors (Lipinski definition) is 8. The summed E-state index contributed by atoms with van der Waals surface area (Å²) in [6.07, 6.45) is 1.47. The fourth-order valence-corrected chi connectivity index (χ4v) is 7.49. The molecule has 0 atom stereocenters. The molecule has 0 saturated carbocycles. The number of sulfonamides is 1. The predicted octanol–water partition coefficient (Wildman–Crippen LogP) is 8.06. The SMILES string of the molecule is CCOc1ccc2nc(-c3ccc(N=Cc4c(O)n(-c5cccc(S(=O)(=O)Nc6ccccc6F)c5)c(=O)c5ccccc45)cc3)sc2c1. The van der Waals surface area contributed by atoms with Gasteiger partial charge in [-0.25, -0.2) is 22.4 Å². The molecule has 244 valence electrons. The summed E-state index contributed by atoms with van der Waals surface area (Å²) in [5.74, 6) is -0.370. The molecule has 7 aromatic rings. The molecule has 2 aromatic heterocycles. The van der Waals surface area contributed by atoms with Crippen molar-refractivity contribution < 1.29 is 22.7 Å². The van der Waals surface area contributed by atoms with Crippen molar-refractivity contribution in [3.05, 3.63) is 137 Å². The summed E-state index contributed by atoms with van der Waals surface area (Å²) in [7, 11) is -4.25. The minimum Gasteiger partial charge on any atom is -0.494 e. The lowest BCUT2D eigenvalue weighted by Gasteiger charge is -2.15. The third-order valence-electron chi connectivity index (χ3n) is 7.74. The zero-order chi connectivity index (χ0) is 34.1. The number of aromatic hydroxyl groups is 1. The van der Waals surface area contributed by atoms with Crippen LogP contribution in [0.5, 0.6) is 11.6 Å². The van der Waals surface area contributed by atoms with E-state index in [0.717, 1.165) is 37.2 Å². The molecule has 7 rings (SSSR count). The van der Waals surface area contributed by atoms with Crippen molar-refractivity contribution in [2.45, 2.75) is 11.8 Å². The maximum atomic E-state index is 14.2. The number of fused-ring (bicyclic) bond motifs is 2. The second-order valence-electron chi connectivity index (χ2n) is 10.9. The molecule has 12 heteroatoms.